The molecule has 0 aliphatic carbocycles. The van der Waals surface area contributed by atoms with E-state index in [1.807, 2.05) is 31.2 Å². The molecule has 0 atom stereocenters. The summed E-state index contributed by atoms with van der Waals surface area (Å²) in [5, 5.41) is 3.35. The van der Waals surface area contributed by atoms with Crippen LogP contribution in [0.4, 0.5) is 5.69 Å². The molecule has 2 rings (SSSR count). The molecule has 6 heteroatoms. The first kappa shape index (κ1) is 18.3. The third-order valence-electron chi connectivity index (χ3n) is 3.64. The third-order valence-corrected chi connectivity index (χ3v) is 4.27. The molecular formula is C18H18Cl2N2O2. The molecule has 0 heterocycles. The van der Waals surface area contributed by atoms with Crippen LogP contribution in [0.25, 0.3) is 0 Å². The second kappa shape index (κ2) is 8.18. The molecule has 1 N–H and O–H groups in total. The van der Waals surface area contributed by atoms with Gasteiger partial charge in [-0.05, 0) is 30.2 Å². The zero-order valence-electron chi connectivity index (χ0n) is 13.5. The Kier molecular flexibility index (Phi) is 6.23. The first-order valence-electron chi connectivity index (χ1n) is 7.41. The lowest BCUT2D eigenvalue weighted by Gasteiger charge is -2.18. The number of para-hydroxylation sites is 1. The van der Waals surface area contributed by atoms with Gasteiger partial charge in [-0.2, -0.15) is 0 Å². The highest BCUT2D eigenvalue weighted by molar-refractivity contribution is 6.39. The molecule has 0 spiro atoms. The molecule has 2 amide bonds. The van der Waals surface area contributed by atoms with Crippen LogP contribution < -0.4 is 5.32 Å². The summed E-state index contributed by atoms with van der Waals surface area (Å²) in [5.41, 5.74) is 2.35. The van der Waals surface area contributed by atoms with Crippen LogP contribution in [0.5, 0.6) is 0 Å². The molecule has 0 aliphatic heterocycles. The maximum absolute atomic E-state index is 12.3. The number of nitrogens with one attached hydrogen (secondary N) is 1. The van der Waals surface area contributed by atoms with Crippen LogP contribution in [0.15, 0.2) is 42.5 Å². The summed E-state index contributed by atoms with van der Waals surface area (Å²) in [6.07, 6.45) is 0.253. The van der Waals surface area contributed by atoms with Crippen LogP contribution in [0.3, 0.4) is 0 Å². The van der Waals surface area contributed by atoms with Gasteiger partial charge in [0, 0.05) is 7.05 Å². The fraction of sp³-hybridized carbons (Fsp3) is 0.222. The number of benzene rings is 2. The summed E-state index contributed by atoms with van der Waals surface area (Å²) >= 11 is 12.0. The van der Waals surface area contributed by atoms with Crippen molar-refractivity contribution in [2.45, 2.75) is 13.3 Å². The number of hydrogen-bond donors (Lipinski definition) is 1. The number of nitrogens with zero attached hydrogens (tertiary/aromatic N) is 1. The number of rotatable bonds is 5. The Morgan fingerprint density at radius 2 is 1.67 bits per heavy atom. The Morgan fingerprint density at radius 3 is 2.29 bits per heavy atom. The van der Waals surface area contributed by atoms with Crippen molar-refractivity contribution in [1.29, 1.82) is 0 Å². The first-order valence-corrected chi connectivity index (χ1v) is 8.16. The Morgan fingerprint density at radius 1 is 1.04 bits per heavy atom. The van der Waals surface area contributed by atoms with Gasteiger partial charge in [0.15, 0.2) is 0 Å². The third kappa shape index (κ3) is 4.73. The standard InChI is InChI=1S/C18H18Cl2N2O2/c1-12-6-3-4-7-13(12)10-17(24)22(2)11-16(23)21-18-14(19)8-5-9-15(18)20/h3-9H,10-11H2,1-2H3,(H,21,23). The van der Waals surface area contributed by atoms with Gasteiger partial charge in [0.05, 0.1) is 28.7 Å². The van der Waals surface area contributed by atoms with Gasteiger partial charge in [-0.3, -0.25) is 9.59 Å². The summed E-state index contributed by atoms with van der Waals surface area (Å²) < 4.78 is 0. The van der Waals surface area contributed by atoms with E-state index < -0.39 is 0 Å². The molecule has 4 nitrogen and oxygen atoms in total. The van der Waals surface area contributed by atoms with Gasteiger partial charge in [0.25, 0.3) is 0 Å². The van der Waals surface area contributed by atoms with Crippen LogP contribution >= 0.6 is 23.2 Å². The molecular weight excluding hydrogens is 347 g/mol. The maximum atomic E-state index is 12.3. The second-order valence-corrected chi connectivity index (χ2v) is 6.31. The molecule has 0 aromatic heterocycles. The number of halogens is 2. The highest BCUT2D eigenvalue weighted by Gasteiger charge is 2.16. The van der Waals surface area contributed by atoms with E-state index in [0.717, 1.165) is 11.1 Å². The number of carbonyl (C=O) groups excluding carboxylic acids is 2. The van der Waals surface area contributed by atoms with Crippen LogP contribution in [0.1, 0.15) is 11.1 Å². The number of likely N-dealkylation sites (N-methyl/N-ethyl adjacent to an activating group) is 1. The van der Waals surface area contributed by atoms with Crippen molar-refractivity contribution in [2.24, 2.45) is 0 Å². The van der Waals surface area contributed by atoms with Crippen molar-refractivity contribution in [3.63, 3.8) is 0 Å². The molecule has 2 aromatic rings. The van der Waals surface area contributed by atoms with Crippen molar-refractivity contribution >= 4 is 40.7 Å². The minimum absolute atomic E-state index is 0.0771. The van der Waals surface area contributed by atoms with Gasteiger partial charge >= 0.3 is 0 Å². The maximum Gasteiger partial charge on any atom is 0.244 e. The average molecular weight is 365 g/mol. The summed E-state index contributed by atoms with van der Waals surface area (Å²) in [6, 6.07) is 12.6. The van der Waals surface area contributed by atoms with Gasteiger partial charge in [-0.15, -0.1) is 0 Å². The molecule has 126 valence electrons. The first-order chi connectivity index (χ1) is 11.4. The van der Waals surface area contributed by atoms with Gasteiger partial charge in [0.1, 0.15) is 0 Å². The van der Waals surface area contributed by atoms with Crippen LogP contribution in [-0.4, -0.2) is 30.3 Å². The Hall–Kier alpha value is -2.04. The molecule has 0 radical (unpaired) electrons. The van der Waals surface area contributed by atoms with Crippen LogP contribution in [0.2, 0.25) is 10.0 Å². The van der Waals surface area contributed by atoms with Gasteiger partial charge in [-0.1, -0.05) is 53.5 Å². The normalized spacial score (nSPS) is 10.3. The monoisotopic (exact) mass is 364 g/mol. The Bertz CT molecular complexity index is 742. The van der Waals surface area contributed by atoms with E-state index in [0.29, 0.717) is 15.7 Å². The summed E-state index contributed by atoms with van der Waals surface area (Å²) in [4.78, 5) is 25.8. The number of carbonyl (C=O) groups is 2. The van der Waals surface area contributed by atoms with E-state index in [1.165, 1.54) is 4.90 Å². The van der Waals surface area contributed by atoms with E-state index in [1.54, 1.807) is 25.2 Å². The lowest BCUT2D eigenvalue weighted by Crippen LogP contribution is -2.36. The second-order valence-electron chi connectivity index (χ2n) is 5.50. The van der Waals surface area contributed by atoms with Crippen molar-refractivity contribution < 1.29 is 9.59 Å². The summed E-state index contributed by atoms with van der Waals surface area (Å²) in [7, 11) is 1.59. The predicted octanol–water partition coefficient (Wildman–Crippen LogP) is 3.94. The lowest BCUT2D eigenvalue weighted by molar-refractivity contribution is -0.132. The van der Waals surface area contributed by atoms with Gasteiger partial charge in [-0.25, -0.2) is 0 Å². The van der Waals surface area contributed by atoms with Crippen molar-refractivity contribution in [1.82, 2.24) is 4.90 Å². The topological polar surface area (TPSA) is 49.4 Å². The summed E-state index contributed by atoms with van der Waals surface area (Å²) in [6.45, 7) is 1.88. The fourth-order valence-corrected chi connectivity index (χ4v) is 2.70. The van der Waals surface area contributed by atoms with Crippen LogP contribution in [0, 0.1) is 6.92 Å². The van der Waals surface area contributed by atoms with E-state index in [4.69, 9.17) is 23.2 Å². The highest BCUT2D eigenvalue weighted by atomic mass is 35.5. The number of aryl methyl sites for hydroxylation is 1. The highest BCUT2D eigenvalue weighted by Crippen LogP contribution is 2.29. The molecule has 0 aliphatic rings. The van der Waals surface area contributed by atoms with Crippen molar-refractivity contribution in [2.75, 3.05) is 18.9 Å². The molecule has 0 fully saturated rings. The SMILES string of the molecule is Cc1ccccc1CC(=O)N(C)CC(=O)Nc1c(Cl)cccc1Cl. The number of amides is 2. The van der Waals surface area contributed by atoms with E-state index in [9.17, 15) is 9.59 Å². The molecule has 0 bridgehead atoms. The van der Waals surface area contributed by atoms with Crippen LogP contribution in [-0.2, 0) is 16.0 Å². The van der Waals surface area contributed by atoms with Crippen molar-refractivity contribution in [3.05, 3.63) is 63.6 Å². The van der Waals surface area contributed by atoms with E-state index in [-0.39, 0.29) is 24.8 Å². The lowest BCUT2D eigenvalue weighted by atomic mass is 10.1. The average Bonchev–Trinajstić information content (AvgIpc) is 2.53. The predicted molar refractivity (Wildman–Crippen MR) is 97.6 cm³/mol. The minimum atomic E-state index is -0.356. The van der Waals surface area contributed by atoms with Gasteiger partial charge in [0.2, 0.25) is 11.8 Å². The fourth-order valence-electron chi connectivity index (χ4n) is 2.21. The molecule has 2 aromatic carbocycles. The number of hydrogen-bond acceptors (Lipinski definition) is 2. The number of anilines is 1. The molecule has 0 saturated heterocycles. The largest absolute Gasteiger partial charge is 0.336 e. The van der Waals surface area contributed by atoms with E-state index >= 15 is 0 Å². The smallest absolute Gasteiger partial charge is 0.244 e. The molecule has 24 heavy (non-hydrogen) atoms. The molecule has 0 saturated carbocycles. The van der Waals surface area contributed by atoms with Gasteiger partial charge < -0.3 is 10.2 Å². The zero-order chi connectivity index (χ0) is 17.7. The Balaban J connectivity index is 1.96. The zero-order valence-corrected chi connectivity index (χ0v) is 15.0. The van der Waals surface area contributed by atoms with E-state index in [2.05, 4.69) is 5.32 Å². The Labute approximate surface area is 151 Å². The quantitative estimate of drug-likeness (QED) is 0.873. The molecule has 0 unspecified atom stereocenters. The minimum Gasteiger partial charge on any atom is -0.336 e. The van der Waals surface area contributed by atoms with Crippen molar-refractivity contribution in [3.8, 4) is 0 Å². The summed E-state index contributed by atoms with van der Waals surface area (Å²) in [5.74, 6) is -0.490.